The van der Waals surface area contributed by atoms with Gasteiger partial charge in [-0.05, 0) is 36.4 Å². The van der Waals surface area contributed by atoms with Gasteiger partial charge in [-0.15, -0.1) is 0 Å². The fourth-order valence-corrected chi connectivity index (χ4v) is 2.63. The molecule has 1 saturated heterocycles. The van der Waals surface area contributed by atoms with Crippen LogP contribution in [0.1, 0.15) is 6.42 Å². The maximum absolute atomic E-state index is 13.0. The lowest BCUT2D eigenvalue weighted by Gasteiger charge is -2.16. The summed E-state index contributed by atoms with van der Waals surface area (Å²) in [5.41, 5.74) is 0.560. The molecule has 1 heterocycles. The Hall–Kier alpha value is -2.40. The minimum absolute atomic E-state index is 0.0562. The summed E-state index contributed by atoms with van der Waals surface area (Å²) in [6, 6.07) is 12.2. The SMILES string of the molecule is O=C(Oc1ccccc1Cl)C1CC(=O)N(c2ccc(F)cc2)C1. The zero-order valence-corrected chi connectivity index (χ0v) is 12.8. The molecule has 6 heteroatoms. The summed E-state index contributed by atoms with van der Waals surface area (Å²) in [5.74, 6) is -1.39. The molecular weight excluding hydrogens is 321 g/mol. The second-order valence-electron chi connectivity index (χ2n) is 5.23. The minimum Gasteiger partial charge on any atom is -0.425 e. The largest absolute Gasteiger partial charge is 0.425 e. The van der Waals surface area contributed by atoms with Crippen LogP contribution in [0.3, 0.4) is 0 Å². The van der Waals surface area contributed by atoms with Crippen molar-refractivity contribution in [3.05, 3.63) is 59.4 Å². The van der Waals surface area contributed by atoms with E-state index in [9.17, 15) is 14.0 Å². The van der Waals surface area contributed by atoms with Crippen molar-refractivity contribution in [2.45, 2.75) is 6.42 Å². The Morgan fingerprint density at radius 1 is 1.17 bits per heavy atom. The second kappa shape index (κ2) is 6.38. The van der Waals surface area contributed by atoms with Crippen LogP contribution in [-0.2, 0) is 9.59 Å². The molecule has 1 amide bonds. The molecular formula is C17H13ClFNO3. The molecule has 1 aliphatic rings. The van der Waals surface area contributed by atoms with E-state index in [0.717, 1.165) is 0 Å². The van der Waals surface area contributed by atoms with Gasteiger partial charge in [-0.25, -0.2) is 4.39 Å². The van der Waals surface area contributed by atoms with Crippen LogP contribution in [0.2, 0.25) is 5.02 Å². The first-order valence-corrected chi connectivity index (χ1v) is 7.44. The molecule has 0 aliphatic carbocycles. The molecule has 1 fully saturated rings. The molecule has 1 aliphatic heterocycles. The van der Waals surface area contributed by atoms with E-state index in [2.05, 4.69) is 0 Å². The lowest BCUT2D eigenvalue weighted by Crippen LogP contribution is -2.27. The molecule has 2 aromatic carbocycles. The molecule has 0 bridgehead atoms. The summed E-state index contributed by atoms with van der Waals surface area (Å²) in [7, 11) is 0. The number of carbonyl (C=O) groups excluding carboxylic acids is 2. The number of benzene rings is 2. The Morgan fingerprint density at radius 2 is 1.87 bits per heavy atom. The Kier molecular flexibility index (Phi) is 4.30. The van der Waals surface area contributed by atoms with Crippen molar-refractivity contribution in [2.75, 3.05) is 11.4 Å². The third-order valence-electron chi connectivity index (χ3n) is 3.64. The predicted octanol–water partition coefficient (Wildman–Crippen LogP) is 3.44. The van der Waals surface area contributed by atoms with Gasteiger partial charge in [-0.3, -0.25) is 9.59 Å². The Balaban J connectivity index is 1.71. The summed E-state index contributed by atoms with van der Waals surface area (Å²) < 4.78 is 18.2. The van der Waals surface area contributed by atoms with Crippen molar-refractivity contribution in [3.8, 4) is 5.75 Å². The van der Waals surface area contributed by atoms with Crippen molar-refractivity contribution in [3.63, 3.8) is 0 Å². The van der Waals surface area contributed by atoms with Gasteiger partial charge in [0, 0.05) is 18.7 Å². The van der Waals surface area contributed by atoms with Crippen molar-refractivity contribution in [1.82, 2.24) is 0 Å². The van der Waals surface area contributed by atoms with Crippen LogP contribution in [0.5, 0.6) is 5.75 Å². The summed E-state index contributed by atoms with van der Waals surface area (Å²) in [4.78, 5) is 25.8. The van der Waals surface area contributed by atoms with Crippen LogP contribution in [0, 0.1) is 11.7 Å². The molecule has 0 radical (unpaired) electrons. The minimum atomic E-state index is -0.580. The molecule has 4 nitrogen and oxygen atoms in total. The number of amides is 1. The average molecular weight is 334 g/mol. The fraction of sp³-hybridized carbons (Fsp3) is 0.176. The second-order valence-corrected chi connectivity index (χ2v) is 5.64. The number of ether oxygens (including phenoxy) is 1. The number of para-hydroxylation sites is 1. The standard InChI is InChI=1S/C17H13ClFNO3/c18-14-3-1-2-4-15(14)23-17(22)11-9-16(21)20(10-11)13-7-5-12(19)6-8-13/h1-8,11H,9-10H2. The van der Waals surface area contributed by atoms with Gasteiger partial charge in [0.25, 0.3) is 0 Å². The molecule has 0 aromatic heterocycles. The monoisotopic (exact) mass is 333 g/mol. The van der Waals surface area contributed by atoms with Gasteiger partial charge in [0.2, 0.25) is 5.91 Å². The fourth-order valence-electron chi connectivity index (χ4n) is 2.46. The van der Waals surface area contributed by atoms with Crippen LogP contribution >= 0.6 is 11.6 Å². The van der Waals surface area contributed by atoms with Gasteiger partial charge < -0.3 is 9.64 Å². The quantitative estimate of drug-likeness (QED) is 0.638. The maximum Gasteiger partial charge on any atom is 0.316 e. The first kappa shape index (κ1) is 15.5. The van der Waals surface area contributed by atoms with Gasteiger partial charge in [-0.2, -0.15) is 0 Å². The van der Waals surface area contributed by atoms with Crippen molar-refractivity contribution in [2.24, 2.45) is 5.92 Å². The molecule has 23 heavy (non-hydrogen) atoms. The molecule has 1 atom stereocenters. The lowest BCUT2D eigenvalue weighted by molar-refractivity contribution is -0.139. The van der Waals surface area contributed by atoms with Crippen LogP contribution in [0.4, 0.5) is 10.1 Å². The number of rotatable bonds is 3. The number of hydrogen-bond donors (Lipinski definition) is 0. The Morgan fingerprint density at radius 3 is 2.57 bits per heavy atom. The van der Waals surface area contributed by atoms with E-state index in [1.165, 1.54) is 29.2 Å². The number of carbonyl (C=O) groups is 2. The van der Waals surface area contributed by atoms with Crippen LogP contribution in [0.25, 0.3) is 0 Å². The first-order chi connectivity index (χ1) is 11.0. The third kappa shape index (κ3) is 3.35. The summed E-state index contributed by atoms with van der Waals surface area (Å²) >= 11 is 5.95. The van der Waals surface area contributed by atoms with E-state index in [1.807, 2.05) is 0 Å². The highest BCUT2D eigenvalue weighted by atomic mass is 35.5. The predicted molar refractivity (Wildman–Crippen MR) is 83.9 cm³/mol. The van der Waals surface area contributed by atoms with Gasteiger partial charge in [0.05, 0.1) is 10.9 Å². The molecule has 0 N–H and O–H groups in total. The highest BCUT2D eigenvalue weighted by Gasteiger charge is 2.36. The zero-order valence-electron chi connectivity index (χ0n) is 12.0. The number of anilines is 1. The third-order valence-corrected chi connectivity index (χ3v) is 3.96. The van der Waals surface area contributed by atoms with Crippen LogP contribution in [0.15, 0.2) is 48.5 Å². The van der Waals surface area contributed by atoms with Gasteiger partial charge in [-0.1, -0.05) is 23.7 Å². The van der Waals surface area contributed by atoms with Crippen LogP contribution in [-0.4, -0.2) is 18.4 Å². The van der Waals surface area contributed by atoms with E-state index < -0.39 is 11.9 Å². The van der Waals surface area contributed by atoms with Gasteiger partial charge in [0.15, 0.2) is 0 Å². The van der Waals surface area contributed by atoms with E-state index in [0.29, 0.717) is 10.7 Å². The van der Waals surface area contributed by atoms with Crippen molar-refractivity contribution < 1.29 is 18.7 Å². The topological polar surface area (TPSA) is 46.6 Å². The summed E-state index contributed by atoms with van der Waals surface area (Å²) in [6.45, 7) is 0.202. The molecule has 118 valence electrons. The first-order valence-electron chi connectivity index (χ1n) is 7.07. The van der Waals surface area contributed by atoms with Crippen LogP contribution < -0.4 is 9.64 Å². The Bertz CT molecular complexity index is 748. The maximum atomic E-state index is 13.0. The highest BCUT2D eigenvalue weighted by molar-refractivity contribution is 6.32. The van der Waals surface area contributed by atoms with Crippen molar-refractivity contribution in [1.29, 1.82) is 0 Å². The summed E-state index contributed by atoms with van der Waals surface area (Å²) in [6.07, 6.45) is 0.0562. The molecule has 0 spiro atoms. The number of halogens is 2. The zero-order chi connectivity index (χ0) is 16.4. The van der Waals surface area contributed by atoms with E-state index in [1.54, 1.807) is 24.3 Å². The molecule has 2 aromatic rings. The summed E-state index contributed by atoms with van der Waals surface area (Å²) in [5, 5.41) is 0.334. The smallest absolute Gasteiger partial charge is 0.316 e. The van der Waals surface area contributed by atoms with Gasteiger partial charge in [0.1, 0.15) is 11.6 Å². The highest BCUT2D eigenvalue weighted by Crippen LogP contribution is 2.28. The van der Waals surface area contributed by atoms with Crippen molar-refractivity contribution >= 4 is 29.2 Å². The average Bonchev–Trinajstić information content (AvgIpc) is 2.92. The molecule has 3 rings (SSSR count). The molecule has 0 saturated carbocycles. The molecule has 1 unspecified atom stereocenters. The lowest BCUT2D eigenvalue weighted by atomic mass is 10.1. The number of esters is 1. The van der Waals surface area contributed by atoms with Gasteiger partial charge >= 0.3 is 5.97 Å². The normalized spacial score (nSPS) is 17.4. The number of nitrogens with zero attached hydrogens (tertiary/aromatic N) is 1. The Labute approximate surface area is 137 Å². The van der Waals surface area contributed by atoms with E-state index in [4.69, 9.17) is 16.3 Å². The van der Waals surface area contributed by atoms with E-state index >= 15 is 0 Å². The number of hydrogen-bond acceptors (Lipinski definition) is 3. The van der Waals surface area contributed by atoms with E-state index in [-0.39, 0.29) is 30.4 Å².